The summed E-state index contributed by atoms with van der Waals surface area (Å²) in [6.07, 6.45) is -1.77. The fraction of sp³-hybridized carbons (Fsp3) is 0.182. The van der Waals surface area contributed by atoms with Crippen molar-refractivity contribution in [3.05, 3.63) is 125 Å². The van der Waals surface area contributed by atoms with E-state index in [1.807, 2.05) is 78.9 Å². The fourth-order valence-corrected chi connectivity index (χ4v) is 5.09. The molecule has 42 heavy (non-hydrogen) atoms. The predicted octanol–water partition coefficient (Wildman–Crippen LogP) is 5.98. The van der Waals surface area contributed by atoms with Gasteiger partial charge in [-0.3, -0.25) is 4.79 Å². The lowest BCUT2D eigenvalue weighted by molar-refractivity contribution is -0.122. The second-order valence-electron chi connectivity index (χ2n) is 9.91. The third kappa shape index (κ3) is 6.16. The van der Waals surface area contributed by atoms with Crippen LogP contribution in [0.3, 0.4) is 0 Å². The summed E-state index contributed by atoms with van der Waals surface area (Å²) in [5, 5.41) is 14.4. The van der Waals surface area contributed by atoms with Crippen LogP contribution in [0.1, 0.15) is 39.9 Å². The van der Waals surface area contributed by atoms with Crippen LogP contribution in [0.2, 0.25) is 0 Å². The van der Waals surface area contributed by atoms with Crippen molar-refractivity contribution < 1.29 is 33.4 Å². The lowest BCUT2D eigenvalue weighted by atomic mass is 9.98. The van der Waals surface area contributed by atoms with Gasteiger partial charge in [0.2, 0.25) is 5.91 Å². The number of anilines is 1. The minimum Gasteiger partial charge on any atom is -0.478 e. The Morgan fingerprint density at radius 3 is 2.12 bits per heavy atom. The Labute approximate surface area is 242 Å². The van der Waals surface area contributed by atoms with Crippen molar-refractivity contribution in [2.24, 2.45) is 0 Å². The van der Waals surface area contributed by atoms with Crippen molar-refractivity contribution in [2.45, 2.75) is 31.6 Å². The zero-order chi connectivity index (χ0) is 29.6. The molecule has 0 fully saturated rings. The number of benzene rings is 4. The van der Waals surface area contributed by atoms with E-state index in [2.05, 4.69) is 10.6 Å². The van der Waals surface area contributed by atoms with Gasteiger partial charge in [0.25, 0.3) is 0 Å². The van der Waals surface area contributed by atoms with E-state index in [9.17, 15) is 23.9 Å². The van der Waals surface area contributed by atoms with Crippen LogP contribution >= 0.6 is 0 Å². The van der Waals surface area contributed by atoms with E-state index in [4.69, 9.17) is 9.47 Å². The highest BCUT2D eigenvalue weighted by Gasteiger charge is 2.32. The maximum absolute atomic E-state index is 14.6. The number of halogens is 1. The second-order valence-corrected chi connectivity index (χ2v) is 9.91. The number of hydrogen-bond acceptors (Lipinski definition) is 5. The Bertz CT molecular complexity index is 1560. The number of fused-ring (bicyclic) bond motifs is 3. The summed E-state index contributed by atoms with van der Waals surface area (Å²) >= 11 is 0. The fourth-order valence-electron chi connectivity index (χ4n) is 5.09. The Balaban J connectivity index is 1.32. The van der Waals surface area contributed by atoms with Gasteiger partial charge in [-0.15, -0.1) is 0 Å². The average Bonchev–Trinajstić information content (AvgIpc) is 3.32. The number of ether oxygens (including phenoxy) is 2. The van der Waals surface area contributed by atoms with Crippen LogP contribution in [0, 0.1) is 5.82 Å². The van der Waals surface area contributed by atoms with Gasteiger partial charge in [0, 0.05) is 5.92 Å². The number of carbonyl (C=O) groups excluding carboxylic acids is 2. The van der Waals surface area contributed by atoms with E-state index >= 15 is 0 Å². The van der Waals surface area contributed by atoms with Gasteiger partial charge in [-0.25, -0.2) is 14.0 Å². The molecular formula is C33H29FN2O6. The van der Waals surface area contributed by atoms with Crippen molar-refractivity contribution in [2.75, 3.05) is 11.9 Å². The van der Waals surface area contributed by atoms with Crippen LogP contribution in [0.25, 0.3) is 11.1 Å². The van der Waals surface area contributed by atoms with Crippen LogP contribution in [0.5, 0.6) is 0 Å². The molecule has 2 amide bonds. The number of rotatable bonds is 10. The van der Waals surface area contributed by atoms with E-state index in [0.29, 0.717) is 0 Å². The molecule has 4 aromatic rings. The van der Waals surface area contributed by atoms with Crippen molar-refractivity contribution in [3.8, 4) is 11.1 Å². The van der Waals surface area contributed by atoms with Crippen LogP contribution in [0.15, 0.2) is 97.1 Å². The molecule has 0 saturated heterocycles. The molecule has 214 valence electrons. The van der Waals surface area contributed by atoms with Gasteiger partial charge in [0.05, 0.1) is 24.0 Å². The van der Waals surface area contributed by atoms with Gasteiger partial charge in [-0.05, 0) is 46.9 Å². The zero-order valence-electron chi connectivity index (χ0n) is 22.8. The zero-order valence-corrected chi connectivity index (χ0v) is 22.8. The van der Waals surface area contributed by atoms with Gasteiger partial charge in [-0.2, -0.15) is 0 Å². The number of nitrogens with one attached hydrogen (secondary N) is 2. The van der Waals surface area contributed by atoms with E-state index in [0.717, 1.165) is 33.9 Å². The molecule has 0 saturated carbocycles. The first-order valence-electron chi connectivity index (χ1n) is 13.4. The van der Waals surface area contributed by atoms with Crippen LogP contribution in [-0.2, 0) is 20.9 Å². The summed E-state index contributed by atoms with van der Waals surface area (Å²) in [6.45, 7) is 1.73. The van der Waals surface area contributed by atoms with Gasteiger partial charge in [0.15, 0.2) is 0 Å². The van der Waals surface area contributed by atoms with E-state index in [1.165, 1.54) is 12.1 Å². The molecule has 0 bridgehead atoms. The standard InChI is InChI=1S/C33H29FN2O6/c1-20(41-18-21-10-3-2-4-11-21)29(31(37)35-30-26(32(38)39)16-9-17-28(30)34)36-33(40)42-19-27-24-14-7-5-12-22(24)23-13-6-8-15-25(23)27/h2-17,20,27,29H,18-19H2,1H3,(H,35,37)(H,36,40)(H,38,39)/t20-,29+/m0/s1. The molecule has 0 heterocycles. The Morgan fingerprint density at radius 1 is 0.857 bits per heavy atom. The molecule has 1 aliphatic rings. The highest BCUT2D eigenvalue weighted by Crippen LogP contribution is 2.44. The van der Waals surface area contributed by atoms with Crippen molar-refractivity contribution >= 4 is 23.7 Å². The molecule has 3 N–H and O–H groups in total. The second kappa shape index (κ2) is 12.7. The summed E-state index contributed by atoms with van der Waals surface area (Å²) in [4.78, 5) is 38.1. The molecule has 5 rings (SSSR count). The Hall–Kier alpha value is -5.02. The van der Waals surface area contributed by atoms with Gasteiger partial charge in [-0.1, -0.05) is 84.9 Å². The van der Waals surface area contributed by atoms with Gasteiger partial charge in [0.1, 0.15) is 18.5 Å². The Kier molecular flexibility index (Phi) is 8.59. The monoisotopic (exact) mass is 568 g/mol. The molecule has 0 spiro atoms. The molecule has 0 aliphatic heterocycles. The molecule has 1 aliphatic carbocycles. The number of hydrogen-bond donors (Lipinski definition) is 3. The van der Waals surface area contributed by atoms with E-state index in [-0.39, 0.29) is 19.1 Å². The summed E-state index contributed by atoms with van der Waals surface area (Å²) in [5.74, 6) is -3.41. The normalized spacial score (nSPS) is 13.4. The SMILES string of the molecule is C[C@H](OCc1ccccc1)[C@@H](NC(=O)OCC1c2ccccc2-c2ccccc21)C(=O)Nc1c(F)cccc1C(=O)O. The maximum Gasteiger partial charge on any atom is 0.407 e. The number of para-hydroxylation sites is 1. The number of carbonyl (C=O) groups is 3. The molecule has 0 radical (unpaired) electrons. The predicted molar refractivity (Wildman–Crippen MR) is 155 cm³/mol. The van der Waals surface area contributed by atoms with Crippen molar-refractivity contribution in [1.29, 1.82) is 0 Å². The van der Waals surface area contributed by atoms with Gasteiger partial charge >= 0.3 is 12.1 Å². The molecule has 2 atom stereocenters. The topological polar surface area (TPSA) is 114 Å². The number of alkyl carbamates (subject to hydrolysis) is 1. The average molecular weight is 569 g/mol. The van der Waals surface area contributed by atoms with Crippen molar-refractivity contribution in [3.63, 3.8) is 0 Å². The Morgan fingerprint density at radius 2 is 1.48 bits per heavy atom. The van der Waals surface area contributed by atoms with E-state index in [1.54, 1.807) is 6.92 Å². The lowest BCUT2D eigenvalue weighted by Gasteiger charge is -2.25. The molecule has 0 unspecified atom stereocenters. The molecular weight excluding hydrogens is 539 g/mol. The smallest absolute Gasteiger partial charge is 0.407 e. The quantitative estimate of drug-likeness (QED) is 0.217. The number of aromatic carboxylic acids is 1. The maximum atomic E-state index is 14.6. The first-order valence-corrected chi connectivity index (χ1v) is 13.4. The number of amides is 2. The summed E-state index contributed by atoms with van der Waals surface area (Å²) in [7, 11) is 0. The summed E-state index contributed by atoms with van der Waals surface area (Å²) < 4.78 is 26.1. The molecule has 8 nitrogen and oxygen atoms in total. The minimum absolute atomic E-state index is 0.0178. The summed E-state index contributed by atoms with van der Waals surface area (Å²) in [6, 6.07) is 27.1. The highest BCUT2D eigenvalue weighted by atomic mass is 19.1. The van der Waals surface area contributed by atoms with E-state index < -0.39 is 47.2 Å². The summed E-state index contributed by atoms with van der Waals surface area (Å²) in [5.41, 5.74) is 4.10. The number of carboxylic acid groups (broad SMARTS) is 1. The van der Waals surface area contributed by atoms with Crippen LogP contribution in [0.4, 0.5) is 14.9 Å². The number of carboxylic acids is 1. The molecule has 9 heteroatoms. The lowest BCUT2D eigenvalue weighted by Crippen LogP contribution is -2.51. The van der Waals surface area contributed by atoms with Crippen molar-refractivity contribution in [1.82, 2.24) is 5.32 Å². The van der Waals surface area contributed by atoms with Crippen LogP contribution in [-0.4, -0.2) is 41.8 Å². The van der Waals surface area contributed by atoms with Gasteiger partial charge < -0.3 is 25.2 Å². The molecule has 0 aromatic heterocycles. The first-order chi connectivity index (χ1) is 20.3. The third-order valence-electron chi connectivity index (χ3n) is 7.22. The molecule has 4 aromatic carbocycles. The highest BCUT2D eigenvalue weighted by molar-refractivity contribution is 6.03. The minimum atomic E-state index is -1.42. The van der Waals surface area contributed by atoms with Crippen LogP contribution < -0.4 is 10.6 Å². The largest absolute Gasteiger partial charge is 0.478 e. The first kappa shape index (κ1) is 28.5. The third-order valence-corrected chi connectivity index (χ3v) is 7.22.